The fraction of sp³-hybridized carbons (Fsp3) is 0.222. The fourth-order valence-corrected chi connectivity index (χ4v) is 1.46. The number of Topliss-reactive ketones (excluding diaryl/α,β-unsaturated/α-hetero) is 1. The summed E-state index contributed by atoms with van der Waals surface area (Å²) in [6, 6.07) is 0.812. The first kappa shape index (κ1) is 13.3. The Morgan fingerprint density at radius 3 is 2.31 bits per heavy atom. The number of alkyl halides is 4. The van der Waals surface area contributed by atoms with Crippen LogP contribution in [0.2, 0.25) is 5.02 Å². The van der Waals surface area contributed by atoms with E-state index >= 15 is 0 Å². The van der Waals surface area contributed by atoms with Gasteiger partial charge in [-0.25, -0.2) is 4.39 Å². The lowest BCUT2D eigenvalue weighted by molar-refractivity contribution is -0.137. The van der Waals surface area contributed by atoms with Gasteiger partial charge in [-0.2, -0.15) is 13.2 Å². The van der Waals surface area contributed by atoms with Gasteiger partial charge >= 0.3 is 6.18 Å². The number of hydrogen-bond acceptors (Lipinski definition) is 1. The molecule has 0 atom stereocenters. The van der Waals surface area contributed by atoms with Crippen molar-refractivity contribution < 1.29 is 22.4 Å². The highest BCUT2D eigenvalue weighted by Crippen LogP contribution is 2.36. The Hall–Kier alpha value is -0.810. The molecule has 0 N–H and O–H groups in total. The molecule has 0 aliphatic heterocycles. The molecule has 16 heavy (non-hydrogen) atoms. The third-order valence-corrected chi connectivity index (χ3v) is 2.34. The summed E-state index contributed by atoms with van der Waals surface area (Å²) >= 11 is 10.5. The Bertz CT molecular complexity index is 428. The molecule has 1 aromatic carbocycles. The van der Waals surface area contributed by atoms with Gasteiger partial charge in [-0.15, -0.1) is 11.6 Å². The molecule has 0 aliphatic carbocycles. The van der Waals surface area contributed by atoms with E-state index in [0.717, 1.165) is 0 Å². The van der Waals surface area contributed by atoms with Crippen LogP contribution in [0.15, 0.2) is 12.1 Å². The van der Waals surface area contributed by atoms with E-state index < -0.39 is 39.8 Å². The van der Waals surface area contributed by atoms with Crippen molar-refractivity contribution in [1.82, 2.24) is 0 Å². The van der Waals surface area contributed by atoms with Crippen LogP contribution in [-0.4, -0.2) is 11.7 Å². The predicted octanol–water partition coefficient (Wildman–Crippen LogP) is 3.92. The molecule has 1 nitrogen and oxygen atoms in total. The van der Waals surface area contributed by atoms with Gasteiger partial charge in [-0.1, -0.05) is 11.6 Å². The average Bonchev–Trinajstić information content (AvgIpc) is 2.18. The van der Waals surface area contributed by atoms with Crippen LogP contribution in [0.25, 0.3) is 0 Å². The average molecular weight is 275 g/mol. The van der Waals surface area contributed by atoms with Gasteiger partial charge in [0.15, 0.2) is 5.78 Å². The van der Waals surface area contributed by atoms with Gasteiger partial charge in [0.05, 0.1) is 22.0 Å². The van der Waals surface area contributed by atoms with E-state index in [2.05, 4.69) is 0 Å². The van der Waals surface area contributed by atoms with E-state index in [4.69, 9.17) is 23.2 Å². The van der Waals surface area contributed by atoms with Gasteiger partial charge in [0.2, 0.25) is 0 Å². The van der Waals surface area contributed by atoms with Crippen molar-refractivity contribution in [1.29, 1.82) is 0 Å². The predicted molar refractivity (Wildman–Crippen MR) is 51.5 cm³/mol. The second-order valence-corrected chi connectivity index (χ2v) is 3.54. The number of carbonyl (C=O) groups is 1. The molecule has 0 bridgehead atoms. The molecule has 0 amide bonds. The lowest BCUT2D eigenvalue weighted by Crippen LogP contribution is -2.10. The van der Waals surface area contributed by atoms with E-state index in [1.54, 1.807) is 0 Å². The van der Waals surface area contributed by atoms with Crippen LogP contribution in [-0.2, 0) is 6.18 Å². The van der Waals surface area contributed by atoms with Crippen LogP contribution in [0.1, 0.15) is 15.9 Å². The first-order chi connectivity index (χ1) is 7.27. The molecule has 0 fully saturated rings. The molecule has 0 saturated carbocycles. The third kappa shape index (κ3) is 2.65. The smallest absolute Gasteiger partial charge is 0.293 e. The van der Waals surface area contributed by atoms with E-state index in [0.29, 0.717) is 6.07 Å². The minimum Gasteiger partial charge on any atom is -0.293 e. The van der Waals surface area contributed by atoms with Crippen molar-refractivity contribution in [3.63, 3.8) is 0 Å². The van der Waals surface area contributed by atoms with Crippen LogP contribution in [0, 0.1) is 5.82 Å². The second kappa shape index (κ2) is 4.59. The Labute approximate surface area is 98.0 Å². The molecule has 1 rings (SSSR count). The minimum absolute atomic E-state index is 0.183. The summed E-state index contributed by atoms with van der Waals surface area (Å²) in [5.41, 5.74) is -1.87. The van der Waals surface area contributed by atoms with Gasteiger partial charge in [0, 0.05) is 0 Å². The lowest BCUT2D eigenvalue weighted by Gasteiger charge is -2.10. The number of benzene rings is 1. The first-order valence-electron chi connectivity index (χ1n) is 3.92. The Morgan fingerprint density at radius 1 is 1.31 bits per heavy atom. The Morgan fingerprint density at radius 2 is 1.88 bits per heavy atom. The van der Waals surface area contributed by atoms with Crippen LogP contribution in [0.4, 0.5) is 17.6 Å². The minimum atomic E-state index is -4.76. The Kier molecular flexibility index (Phi) is 3.80. The second-order valence-electron chi connectivity index (χ2n) is 2.87. The molecular weight excluding hydrogens is 271 g/mol. The van der Waals surface area contributed by atoms with E-state index in [9.17, 15) is 22.4 Å². The highest BCUT2D eigenvalue weighted by atomic mass is 35.5. The van der Waals surface area contributed by atoms with E-state index in [-0.39, 0.29) is 6.07 Å². The number of hydrogen-bond donors (Lipinski definition) is 0. The highest BCUT2D eigenvalue weighted by Gasteiger charge is 2.34. The van der Waals surface area contributed by atoms with Crippen LogP contribution >= 0.6 is 23.2 Å². The van der Waals surface area contributed by atoms with E-state index in [1.807, 2.05) is 0 Å². The SMILES string of the molecule is O=C(CCl)c1cc(Cl)c(C(F)(F)F)cc1F. The van der Waals surface area contributed by atoms with Crippen molar-refractivity contribution in [2.75, 3.05) is 5.88 Å². The van der Waals surface area contributed by atoms with Crippen LogP contribution in [0.3, 0.4) is 0 Å². The van der Waals surface area contributed by atoms with Gasteiger partial charge < -0.3 is 0 Å². The number of ketones is 1. The molecule has 88 valence electrons. The maximum absolute atomic E-state index is 13.2. The third-order valence-electron chi connectivity index (χ3n) is 1.78. The first-order valence-corrected chi connectivity index (χ1v) is 4.84. The summed E-state index contributed by atoms with van der Waals surface area (Å²) < 4.78 is 50.0. The standard InChI is InChI=1S/C9H4Cl2F4O/c10-3-8(16)4-1-6(11)5(2-7(4)12)9(13,14)15/h1-2H,3H2. The molecule has 0 aromatic heterocycles. The van der Waals surface area contributed by atoms with Crippen molar-refractivity contribution in [2.24, 2.45) is 0 Å². The zero-order valence-corrected chi connectivity index (χ0v) is 9.05. The van der Waals surface area contributed by atoms with Crippen LogP contribution in [0.5, 0.6) is 0 Å². The number of halogens is 6. The molecule has 0 spiro atoms. The summed E-state index contributed by atoms with van der Waals surface area (Å²) in [6.45, 7) is 0. The molecular formula is C9H4Cl2F4O. The fourth-order valence-electron chi connectivity index (χ4n) is 1.05. The van der Waals surface area contributed by atoms with Crippen molar-refractivity contribution in [3.05, 3.63) is 34.1 Å². The summed E-state index contributed by atoms with van der Waals surface area (Å²) in [4.78, 5) is 11.0. The van der Waals surface area contributed by atoms with Crippen molar-refractivity contribution >= 4 is 29.0 Å². The molecule has 0 saturated heterocycles. The van der Waals surface area contributed by atoms with Crippen molar-refractivity contribution in [2.45, 2.75) is 6.18 Å². The zero-order chi connectivity index (χ0) is 12.5. The molecule has 7 heteroatoms. The highest BCUT2D eigenvalue weighted by molar-refractivity contribution is 6.33. The van der Waals surface area contributed by atoms with Gasteiger partial charge in [0.25, 0.3) is 0 Å². The van der Waals surface area contributed by atoms with Gasteiger partial charge in [0.1, 0.15) is 5.82 Å². The van der Waals surface area contributed by atoms with Gasteiger partial charge in [-0.05, 0) is 12.1 Å². The van der Waals surface area contributed by atoms with Gasteiger partial charge in [-0.3, -0.25) is 4.79 Å². The lowest BCUT2D eigenvalue weighted by atomic mass is 10.1. The summed E-state index contributed by atoms with van der Waals surface area (Å²) in [5, 5.41) is -0.734. The molecule has 0 unspecified atom stereocenters. The quantitative estimate of drug-likeness (QED) is 0.454. The maximum atomic E-state index is 13.2. The summed E-state index contributed by atoms with van der Waals surface area (Å²) in [6.07, 6.45) is -4.76. The summed E-state index contributed by atoms with van der Waals surface area (Å²) in [5.74, 6) is -2.64. The van der Waals surface area contributed by atoms with E-state index in [1.165, 1.54) is 0 Å². The van der Waals surface area contributed by atoms with Crippen molar-refractivity contribution in [3.8, 4) is 0 Å². The molecule has 1 aromatic rings. The monoisotopic (exact) mass is 274 g/mol. The maximum Gasteiger partial charge on any atom is 0.417 e. The normalized spacial score (nSPS) is 11.6. The summed E-state index contributed by atoms with van der Waals surface area (Å²) in [7, 11) is 0. The number of carbonyl (C=O) groups excluding carboxylic acids is 1. The zero-order valence-electron chi connectivity index (χ0n) is 7.54. The number of rotatable bonds is 2. The topological polar surface area (TPSA) is 17.1 Å². The molecule has 0 aliphatic rings. The molecule has 0 radical (unpaired) electrons. The Balaban J connectivity index is 3.33. The largest absolute Gasteiger partial charge is 0.417 e. The molecule has 0 heterocycles. The van der Waals surface area contributed by atoms with Crippen LogP contribution < -0.4 is 0 Å².